The molecular weight excluding hydrogens is 518 g/mol. The first-order valence-electron chi connectivity index (χ1n) is 14.3. The van der Waals surface area contributed by atoms with Crippen molar-refractivity contribution >= 4 is 6.09 Å². The Labute approximate surface area is 244 Å². The van der Waals surface area contributed by atoms with Crippen molar-refractivity contribution < 1.29 is 28.8 Å². The predicted molar refractivity (Wildman–Crippen MR) is 158 cm³/mol. The normalized spacial score (nSPS) is 18.3. The van der Waals surface area contributed by atoms with E-state index in [9.17, 15) is 9.90 Å². The van der Waals surface area contributed by atoms with Gasteiger partial charge < -0.3 is 29.0 Å². The zero-order chi connectivity index (χ0) is 29.3. The lowest BCUT2D eigenvalue weighted by Gasteiger charge is -2.37. The Morgan fingerprint density at radius 1 is 0.902 bits per heavy atom. The lowest BCUT2D eigenvalue weighted by Crippen LogP contribution is -2.48. The summed E-state index contributed by atoms with van der Waals surface area (Å²) in [4.78, 5) is 14.8. The highest BCUT2D eigenvalue weighted by Crippen LogP contribution is 2.41. The maximum atomic E-state index is 13.1. The Hall–Kier alpha value is -3.23. The maximum Gasteiger partial charge on any atom is 0.410 e. The molecule has 3 aromatic rings. The van der Waals surface area contributed by atoms with E-state index in [-0.39, 0.29) is 19.3 Å². The molecule has 0 saturated carbocycles. The van der Waals surface area contributed by atoms with Gasteiger partial charge in [0, 0.05) is 19.6 Å². The third-order valence-electron chi connectivity index (χ3n) is 7.41. The molecule has 0 aromatic heterocycles. The quantitative estimate of drug-likeness (QED) is 0.166. The number of aliphatic hydroxyl groups excluding tert-OH is 1. The van der Waals surface area contributed by atoms with Gasteiger partial charge in [-0.15, -0.1) is 0 Å². The maximum absolute atomic E-state index is 13.1. The second-order valence-electron chi connectivity index (χ2n) is 11.5. The standard InChI is InChI=1S/C34H43NO6/c1-33(2,3)41-32(37)35-22-20-26(24-39-25-38-4)31(35)30(36)21-23-40-34(27-14-8-5-9-15-27,28-16-10-6-11-17-28)29-18-12-7-13-19-29/h5-19,26,30-31,36H,20-25H2,1-4H3/t26-,30-,31+/m1/s1. The van der Waals surface area contributed by atoms with Gasteiger partial charge in [0.15, 0.2) is 0 Å². The molecule has 0 aliphatic carbocycles. The van der Waals surface area contributed by atoms with Gasteiger partial charge in [0.2, 0.25) is 0 Å². The summed E-state index contributed by atoms with van der Waals surface area (Å²) >= 11 is 0. The molecule has 220 valence electrons. The highest BCUT2D eigenvalue weighted by Gasteiger charge is 2.44. The summed E-state index contributed by atoms with van der Waals surface area (Å²) in [5, 5.41) is 11.6. The molecule has 1 fully saturated rings. The van der Waals surface area contributed by atoms with Gasteiger partial charge in [0.1, 0.15) is 18.0 Å². The molecular formula is C34H43NO6. The molecule has 3 atom stereocenters. The molecule has 7 nitrogen and oxygen atoms in total. The van der Waals surface area contributed by atoms with Crippen molar-refractivity contribution in [3.05, 3.63) is 108 Å². The van der Waals surface area contributed by atoms with E-state index in [1.54, 1.807) is 12.0 Å². The number of amides is 1. The molecule has 0 bridgehead atoms. The van der Waals surface area contributed by atoms with Crippen molar-refractivity contribution in [2.45, 2.75) is 57.0 Å². The van der Waals surface area contributed by atoms with Crippen LogP contribution in [0.25, 0.3) is 0 Å². The monoisotopic (exact) mass is 561 g/mol. The van der Waals surface area contributed by atoms with Crippen LogP contribution in [0.15, 0.2) is 91.0 Å². The fourth-order valence-electron chi connectivity index (χ4n) is 5.67. The van der Waals surface area contributed by atoms with E-state index in [2.05, 4.69) is 36.4 Å². The van der Waals surface area contributed by atoms with E-state index >= 15 is 0 Å². The minimum absolute atomic E-state index is 0.0604. The van der Waals surface area contributed by atoms with Crippen molar-refractivity contribution in [2.24, 2.45) is 5.92 Å². The number of benzene rings is 3. The van der Waals surface area contributed by atoms with E-state index in [1.165, 1.54) is 0 Å². The molecule has 7 heteroatoms. The van der Waals surface area contributed by atoms with Crippen LogP contribution in [0, 0.1) is 5.92 Å². The molecule has 0 spiro atoms. The number of hydrogen-bond donors (Lipinski definition) is 1. The molecule has 1 N–H and O–H groups in total. The van der Waals surface area contributed by atoms with Gasteiger partial charge in [-0.3, -0.25) is 0 Å². The van der Waals surface area contributed by atoms with E-state index in [4.69, 9.17) is 18.9 Å². The fourth-order valence-corrected chi connectivity index (χ4v) is 5.67. The second kappa shape index (κ2) is 14.1. The third-order valence-corrected chi connectivity index (χ3v) is 7.41. The van der Waals surface area contributed by atoms with E-state index < -0.39 is 29.4 Å². The lowest BCUT2D eigenvalue weighted by molar-refractivity contribution is -0.0632. The summed E-state index contributed by atoms with van der Waals surface area (Å²) < 4.78 is 23.3. The SMILES string of the molecule is COCOC[C@H]1CCN(C(=O)OC(C)(C)C)[C@@H]1[C@H](O)CCOC(c1ccccc1)(c1ccccc1)c1ccccc1. The average Bonchev–Trinajstić information content (AvgIpc) is 3.40. The highest BCUT2D eigenvalue weighted by atomic mass is 16.7. The lowest BCUT2D eigenvalue weighted by atomic mass is 9.80. The Balaban J connectivity index is 1.60. The largest absolute Gasteiger partial charge is 0.444 e. The topological polar surface area (TPSA) is 77.5 Å². The highest BCUT2D eigenvalue weighted by molar-refractivity contribution is 5.69. The number of nitrogens with zero attached hydrogens (tertiary/aromatic N) is 1. The van der Waals surface area contributed by atoms with Crippen molar-refractivity contribution in [1.82, 2.24) is 4.90 Å². The van der Waals surface area contributed by atoms with Gasteiger partial charge in [-0.1, -0.05) is 91.0 Å². The van der Waals surface area contributed by atoms with Gasteiger partial charge in [0.25, 0.3) is 0 Å². The smallest absolute Gasteiger partial charge is 0.410 e. The first-order valence-corrected chi connectivity index (χ1v) is 14.3. The molecule has 4 rings (SSSR count). The first kappa shape index (κ1) is 30.7. The summed E-state index contributed by atoms with van der Waals surface area (Å²) in [5.74, 6) is -0.0604. The van der Waals surface area contributed by atoms with Crippen molar-refractivity contribution in [1.29, 1.82) is 0 Å². The Morgan fingerprint density at radius 3 is 1.88 bits per heavy atom. The third kappa shape index (κ3) is 7.54. The van der Waals surface area contributed by atoms with Crippen molar-refractivity contribution in [3.63, 3.8) is 0 Å². The zero-order valence-electron chi connectivity index (χ0n) is 24.6. The number of carbonyl (C=O) groups excluding carboxylic acids is 1. The van der Waals surface area contributed by atoms with Crippen LogP contribution in [-0.2, 0) is 24.5 Å². The summed E-state index contributed by atoms with van der Waals surface area (Å²) in [7, 11) is 1.57. The number of carbonyl (C=O) groups is 1. The molecule has 0 radical (unpaired) electrons. The zero-order valence-corrected chi connectivity index (χ0v) is 24.6. The first-order chi connectivity index (χ1) is 19.8. The molecule has 1 aliphatic rings. The minimum atomic E-state index is -0.884. The Morgan fingerprint density at radius 2 is 1.41 bits per heavy atom. The number of likely N-dealkylation sites (tertiary alicyclic amines) is 1. The number of hydrogen-bond acceptors (Lipinski definition) is 6. The number of methoxy groups -OCH3 is 1. The van der Waals surface area contributed by atoms with E-state index in [0.717, 1.165) is 16.7 Å². The number of ether oxygens (including phenoxy) is 4. The fraction of sp³-hybridized carbons (Fsp3) is 0.441. The van der Waals surface area contributed by atoms with E-state index in [0.29, 0.717) is 26.0 Å². The van der Waals surface area contributed by atoms with Crippen LogP contribution in [0.5, 0.6) is 0 Å². The van der Waals surface area contributed by atoms with Crippen LogP contribution >= 0.6 is 0 Å². The van der Waals surface area contributed by atoms with Crippen LogP contribution in [0.3, 0.4) is 0 Å². The molecule has 0 unspecified atom stereocenters. The molecule has 3 aromatic carbocycles. The van der Waals surface area contributed by atoms with Gasteiger partial charge in [-0.25, -0.2) is 4.79 Å². The van der Waals surface area contributed by atoms with Crippen LogP contribution in [0.2, 0.25) is 0 Å². The predicted octanol–water partition coefficient (Wildman–Crippen LogP) is 5.99. The van der Waals surface area contributed by atoms with Crippen LogP contribution in [0.4, 0.5) is 4.79 Å². The Bertz CT molecular complexity index is 1100. The van der Waals surface area contributed by atoms with Crippen molar-refractivity contribution in [3.8, 4) is 0 Å². The molecule has 1 saturated heterocycles. The minimum Gasteiger partial charge on any atom is -0.444 e. The summed E-state index contributed by atoms with van der Waals surface area (Å²) in [6.07, 6.45) is -0.253. The van der Waals surface area contributed by atoms with E-state index in [1.807, 2.05) is 75.4 Å². The molecule has 1 amide bonds. The van der Waals surface area contributed by atoms with Crippen LogP contribution < -0.4 is 0 Å². The van der Waals surface area contributed by atoms with Gasteiger partial charge in [-0.2, -0.15) is 0 Å². The van der Waals surface area contributed by atoms with Crippen molar-refractivity contribution in [2.75, 3.05) is 33.7 Å². The van der Waals surface area contributed by atoms with Crippen LogP contribution in [0.1, 0.15) is 50.3 Å². The number of aliphatic hydroxyl groups is 1. The summed E-state index contributed by atoms with van der Waals surface area (Å²) in [5.41, 5.74) is 1.46. The Kier molecular flexibility index (Phi) is 10.6. The summed E-state index contributed by atoms with van der Waals surface area (Å²) in [6.45, 7) is 6.80. The van der Waals surface area contributed by atoms with Gasteiger partial charge >= 0.3 is 6.09 Å². The number of rotatable bonds is 12. The molecule has 41 heavy (non-hydrogen) atoms. The van der Waals surface area contributed by atoms with Crippen LogP contribution in [-0.4, -0.2) is 67.5 Å². The molecule has 1 aliphatic heterocycles. The van der Waals surface area contributed by atoms with Gasteiger partial charge in [0.05, 0.1) is 25.4 Å². The summed E-state index contributed by atoms with van der Waals surface area (Å²) in [6, 6.07) is 30.0. The average molecular weight is 562 g/mol. The second-order valence-corrected chi connectivity index (χ2v) is 11.5. The molecule has 1 heterocycles. The van der Waals surface area contributed by atoms with Gasteiger partial charge in [-0.05, 0) is 50.3 Å².